The van der Waals surface area contributed by atoms with Gasteiger partial charge in [0.1, 0.15) is 6.61 Å². The minimum Gasteiger partial charge on any atom is -0.368 e. The molecule has 0 radical (unpaired) electrons. The fourth-order valence-corrected chi connectivity index (χ4v) is 0.970. The fourth-order valence-electron chi connectivity index (χ4n) is 0.970. The van der Waals surface area contributed by atoms with E-state index in [2.05, 4.69) is 5.32 Å². The quantitative estimate of drug-likeness (QED) is 0.525. The van der Waals surface area contributed by atoms with E-state index in [-0.39, 0.29) is 12.7 Å². The zero-order chi connectivity index (χ0) is 7.40. The Bertz CT molecular complexity index is 121. The van der Waals surface area contributed by atoms with Gasteiger partial charge in [-0.25, -0.2) is 0 Å². The highest BCUT2D eigenvalue weighted by Crippen LogP contribution is 2.01. The first-order valence-corrected chi connectivity index (χ1v) is 3.39. The summed E-state index contributed by atoms with van der Waals surface area (Å²) in [6, 6.07) is 0. The van der Waals surface area contributed by atoms with Crippen LogP contribution < -0.4 is 11.1 Å². The topological polar surface area (TPSA) is 64.4 Å². The third-order valence-corrected chi connectivity index (χ3v) is 1.48. The third kappa shape index (κ3) is 2.33. The van der Waals surface area contributed by atoms with Gasteiger partial charge in [0.05, 0.1) is 6.10 Å². The lowest BCUT2D eigenvalue weighted by Gasteiger charge is -2.06. The van der Waals surface area contributed by atoms with Crippen molar-refractivity contribution in [2.45, 2.75) is 12.5 Å². The summed E-state index contributed by atoms with van der Waals surface area (Å²) in [5.41, 5.74) is 4.89. The molecule has 1 aliphatic rings. The summed E-state index contributed by atoms with van der Waals surface area (Å²) in [5, 5.41) is 3.12. The number of nitrogens with one attached hydrogen (secondary N) is 1. The Labute approximate surface area is 59.7 Å². The Morgan fingerprint density at radius 2 is 2.60 bits per heavy atom. The highest BCUT2D eigenvalue weighted by atomic mass is 16.5. The number of primary amides is 1. The van der Waals surface area contributed by atoms with Gasteiger partial charge >= 0.3 is 0 Å². The van der Waals surface area contributed by atoms with Gasteiger partial charge in [-0.3, -0.25) is 4.79 Å². The van der Waals surface area contributed by atoms with Crippen molar-refractivity contribution in [3.63, 3.8) is 0 Å². The predicted octanol–water partition coefficient (Wildman–Crippen LogP) is -1.15. The molecule has 0 aromatic heterocycles. The average molecular weight is 144 g/mol. The Morgan fingerprint density at radius 3 is 3.10 bits per heavy atom. The number of nitrogens with two attached hydrogens (primary N) is 1. The van der Waals surface area contributed by atoms with Crippen molar-refractivity contribution in [3.8, 4) is 0 Å². The second-order valence-corrected chi connectivity index (χ2v) is 2.39. The number of carbonyl (C=O) groups is 1. The second kappa shape index (κ2) is 3.53. The summed E-state index contributed by atoms with van der Waals surface area (Å²) < 4.78 is 5.13. The van der Waals surface area contributed by atoms with Crippen LogP contribution in [0.1, 0.15) is 6.42 Å². The molecule has 1 heterocycles. The van der Waals surface area contributed by atoms with Crippen LogP contribution in [0.15, 0.2) is 0 Å². The van der Waals surface area contributed by atoms with Gasteiger partial charge in [0.2, 0.25) is 5.91 Å². The summed E-state index contributed by atoms with van der Waals surface area (Å²) in [5.74, 6) is -0.396. The summed E-state index contributed by atoms with van der Waals surface area (Å²) in [6.45, 7) is 1.86. The standard InChI is InChI=1S/C6H12N2O2/c7-6(9)4-10-5-1-2-8-3-5/h5,8H,1-4H2,(H2,7,9)/t5-/m0/s1. The number of hydrogen-bond acceptors (Lipinski definition) is 3. The van der Waals surface area contributed by atoms with Crippen LogP contribution in [0.2, 0.25) is 0 Å². The van der Waals surface area contributed by atoms with Gasteiger partial charge in [-0.1, -0.05) is 0 Å². The van der Waals surface area contributed by atoms with Crippen LogP contribution in [0.4, 0.5) is 0 Å². The summed E-state index contributed by atoms with van der Waals surface area (Å²) in [4.78, 5) is 10.2. The lowest BCUT2D eigenvalue weighted by Crippen LogP contribution is -2.24. The molecule has 58 valence electrons. The predicted molar refractivity (Wildman–Crippen MR) is 36.4 cm³/mol. The molecule has 0 unspecified atom stereocenters. The van der Waals surface area contributed by atoms with E-state index < -0.39 is 5.91 Å². The van der Waals surface area contributed by atoms with Crippen molar-refractivity contribution in [2.75, 3.05) is 19.7 Å². The van der Waals surface area contributed by atoms with Crippen LogP contribution in [0.25, 0.3) is 0 Å². The average Bonchev–Trinajstić information content (AvgIpc) is 2.34. The molecule has 0 bridgehead atoms. The van der Waals surface area contributed by atoms with Crippen molar-refractivity contribution in [2.24, 2.45) is 5.73 Å². The first kappa shape index (κ1) is 7.50. The number of ether oxygens (including phenoxy) is 1. The van der Waals surface area contributed by atoms with Gasteiger partial charge in [-0.15, -0.1) is 0 Å². The largest absolute Gasteiger partial charge is 0.368 e. The van der Waals surface area contributed by atoms with Crippen LogP contribution in [-0.4, -0.2) is 31.7 Å². The monoisotopic (exact) mass is 144 g/mol. The van der Waals surface area contributed by atoms with Crippen LogP contribution in [0.5, 0.6) is 0 Å². The van der Waals surface area contributed by atoms with Crippen molar-refractivity contribution in [1.29, 1.82) is 0 Å². The molecule has 1 fully saturated rings. The van der Waals surface area contributed by atoms with E-state index >= 15 is 0 Å². The lowest BCUT2D eigenvalue weighted by atomic mass is 10.3. The van der Waals surface area contributed by atoms with Gasteiger partial charge in [0.15, 0.2) is 0 Å². The highest BCUT2D eigenvalue weighted by molar-refractivity contribution is 5.75. The van der Waals surface area contributed by atoms with Crippen LogP contribution in [-0.2, 0) is 9.53 Å². The third-order valence-electron chi connectivity index (χ3n) is 1.48. The van der Waals surface area contributed by atoms with Gasteiger partial charge < -0.3 is 15.8 Å². The van der Waals surface area contributed by atoms with Gasteiger partial charge in [0, 0.05) is 6.54 Å². The minimum absolute atomic E-state index is 0.0480. The first-order chi connectivity index (χ1) is 4.79. The van der Waals surface area contributed by atoms with Crippen molar-refractivity contribution in [3.05, 3.63) is 0 Å². The Kier molecular flexibility index (Phi) is 2.65. The van der Waals surface area contributed by atoms with Gasteiger partial charge in [0.25, 0.3) is 0 Å². The van der Waals surface area contributed by atoms with Crippen LogP contribution in [0.3, 0.4) is 0 Å². The maximum Gasteiger partial charge on any atom is 0.243 e. The van der Waals surface area contributed by atoms with Crippen molar-refractivity contribution >= 4 is 5.91 Å². The maximum absolute atomic E-state index is 10.2. The molecule has 1 saturated heterocycles. The normalized spacial score (nSPS) is 25.0. The summed E-state index contributed by atoms with van der Waals surface area (Å²) in [7, 11) is 0. The van der Waals surface area contributed by atoms with E-state index in [4.69, 9.17) is 10.5 Å². The van der Waals surface area contributed by atoms with E-state index in [1.807, 2.05) is 0 Å². The molecule has 0 aliphatic carbocycles. The molecule has 10 heavy (non-hydrogen) atoms. The number of hydrogen-bond donors (Lipinski definition) is 2. The molecule has 4 heteroatoms. The van der Waals surface area contributed by atoms with Gasteiger partial charge in [-0.05, 0) is 13.0 Å². The molecule has 1 aliphatic heterocycles. The molecule has 1 rings (SSSR count). The molecule has 0 aromatic rings. The van der Waals surface area contributed by atoms with Gasteiger partial charge in [-0.2, -0.15) is 0 Å². The maximum atomic E-state index is 10.2. The number of amides is 1. The van der Waals surface area contributed by atoms with E-state index in [1.165, 1.54) is 0 Å². The zero-order valence-electron chi connectivity index (χ0n) is 5.80. The molecule has 1 amide bonds. The van der Waals surface area contributed by atoms with E-state index in [1.54, 1.807) is 0 Å². The van der Waals surface area contributed by atoms with Crippen LogP contribution in [0, 0.1) is 0 Å². The summed E-state index contributed by atoms with van der Waals surface area (Å²) in [6.07, 6.45) is 1.17. The lowest BCUT2D eigenvalue weighted by molar-refractivity contribution is -0.124. The minimum atomic E-state index is -0.396. The van der Waals surface area contributed by atoms with E-state index in [0.717, 1.165) is 19.5 Å². The van der Waals surface area contributed by atoms with Crippen molar-refractivity contribution in [1.82, 2.24) is 5.32 Å². The molecular formula is C6H12N2O2. The Balaban J connectivity index is 2.07. The zero-order valence-corrected chi connectivity index (χ0v) is 5.80. The molecule has 0 aromatic carbocycles. The van der Waals surface area contributed by atoms with E-state index in [9.17, 15) is 4.79 Å². The Hall–Kier alpha value is -0.610. The first-order valence-electron chi connectivity index (χ1n) is 3.39. The molecule has 0 saturated carbocycles. The Morgan fingerprint density at radius 1 is 1.80 bits per heavy atom. The fraction of sp³-hybridized carbons (Fsp3) is 0.833. The number of carbonyl (C=O) groups excluding carboxylic acids is 1. The SMILES string of the molecule is NC(=O)CO[C@H]1CCNC1. The molecule has 0 spiro atoms. The smallest absolute Gasteiger partial charge is 0.243 e. The molecule has 4 nitrogen and oxygen atoms in total. The summed E-state index contributed by atoms with van der Waals surface area (Å²) >= 11 is 0. The molecule has 1 atom stereocenters. The number of rotatable bonds is 3. The van der Waals surface area contributed by atoms with Crippen LogP contribution >= 0.6 is 0 Å². The van der Waals surface area contributed by atoms with E-state index in [0.29, 0.717) is 0 Å². The van der Waals surface area contributed by atoms with Crippen molar-refractivity contribution < 1.29 is 9.53 Å². The molecule has 3 N–H and O–H groups in total. The highest BCUT2D eigenvalue weighted by Gasteiger charge is 2.14. The molecular weight excluding hydrogens is 132 g/mol. The second-order valence-electron chi connectivity index (χ2n) is 2.39.